The van der Waals surface area contributed by atoms with Gasteiger partial charge in [-0.05, 0) is 24.3 Å². The lowest BCUT2D eigenvalue weighted by Gasteiger charge is -2.11. The number of benzene rings is 1. The fraction of sp³-hybridized carbons (Fsp3) is 0.0833. The highest BCUT2D eigenvalue weighted by atomic mass is 35.5. The molecule has 1 heterocycles. The van der Waals surface area contributed by atoms with Crippen molar-refractivity contribution in [3.63, 3.8) is 0 Å². The zero-order valence-corrected chi connectivity index (χ0v) is 12.4. The molecule has 8 heteroatoms. The van der Waals surface area contributed by atoms with Gasteiger partial charge in [0.25, 0.3) is 0 Å². The van der Waals surface area contributed by atoms with Gasteiger partial charge in [0, 0.05) is 5.56 Å². The highest BCUT2D eigenvalue weighted by molar-refractivity contribution is 6.49. The van der Waals surface area contributed by atoms with Gasteiger partial charge in [0.15, 0.2) is 0 Å². The van der Waals surface area contributed by atoms with Crippen LogP contribution in [0.15, 0.2) is 24.3 Å². The van der Waals surface area contributed by atoms with Gasteiger partial charge in [-0.25, -0.2) is 4.98 Å². The van der Waals surface area contributed by atoms with Crippen LogP contribution in [0.2, 0.25) is 20.1 Å². The van der Waals surface area contributed by atoms with Crippen molar-refractivity contribution < 1.29 is 13.2 Å². The van der Waals surface area contributed by atoms with Crippen molar-refractivity contribution in [2.75, 3.05) is 0 Å². The summed E-state index contributed by atoms with van der Waals surface area (Å²) in [6, 6.07) is 4.71. The summed E-state index contributed by atoms with van der Waals surface area (Å²) in [5, 5.41) is 0.232. The Morgan fingerprint density at radius 2 is 1.40 bits per heavy atom. The molecule has 0 unspecified atom stereocenters. The second-order valence-corrected chi connectivity index (χ2v) is 5.32. The predicted molar refractivity (Wildman–Crippen MR) is 74.7 cm³/mol. The molecule has 1 aromatic heterocycles. The van der Waals surface area contributed by atoms with Gasteiger partial charge in [0.1, 0.15) is 5.69 Å². The minimum Gasteiger partial charge on any atom is -0.242 e. The first-order valence-electron chi connectivity index (χ1n) is 5.09. The lowest BCUT2D eigenvalue weighted by atomic mass is 10.1. The molecule has 106 valence electrons. The van der Waals surface area contributed by atoms with Crippen molar-refractivity contribution in [2.45, 2.75) is 6.18 Å². The molecule has 0 radical (unpaired) electrons. The van der Waals surface area contributed by atoms with E-state index in [1.54, 1.807) is 0 Å². The minimum atomic E-state index is -4.58. The molecule has 1 nitrogen and oxygen atoms in total. The summed E-state index contributed by atoms with van der Waals surface area (Å²) < 4.78 is 38.0. The standard InChI is InChI=1S/C12H4Cl4F3N/c13-6-2-1-5(9(15)10(6)16)11-7(14)3-4-8(20-11)12(17,18)19/h1-4H. The van der Waals surface area contributed by atoms with Crippen LogP contribution >= 0.6 is 46.4 Å². The van der Waals surface area contributed by atoms with E-state index in [4.69, 9.17) is 46.4 Å². The van der Waals surface area contributed by atoms with Crippen LogP contribution in [0.25, 0.3) is 11.3 Å². The Morgan fingerprint density at radius 3 is 2.00 bits per heavy atom. The summed E-state index contributed by atoms with van der Waals surface area (Å²) in [5.41, 5.74) is -0.999. The highest BCUT2D eigenvalue weighted by Gasteiger charge is 2.33. The molecule has 0 fully saturated rings. The number of hydrogen-bond donors (Lipinski definition) is 0. The van der Waals surface area contributed by atoms with Crippen LogP contribution in [0.3, 0.4) is 0 Å². The first-order valence-corrected chi connectivity index (χ1v) is 6.60. The van der Waals surface area contributed by atoms with Crippen molar-refractivity contribution >= 4 is 46.4 Å². The molecule has 0 atom stereocenters. The van der Waals surface area contributed by atoms with Crippen molar-refractivity contribution in [3.05, 3.63) is 50.0 Å². The van der Waals surface area contributed by atoms with Crippen LogP contribution in [0.1, 0.15) is 5.69 Å². The number of halogens is 7. The molecule has 0 saturated carbocycles. The normalized spacial score (nSPS) is 11.8. The summed E-state index contributed by atoms with van der Waals surface area (Å²) in [4.78, 5) is 3.50. The van der Waals surface area contributed by atoms with Crippen LogP contribution in [0.5, 0.6) is 0 Å². The van der Waals surface area contributed by atoms with E-state index in [0.717, 1.165) is 12.1 Å². The molecular weight excluding hydrogens is 357 g/mol. The highest BCUT2D eigenvalue weighted by Crippen LogP contribution is 2.40. The van der Waals surface area contributed by atoms with Crippen molar-refractivity contribution in [2.24, 2.45) is 0 Å². The topological polar surface area (TPSA) is 12.9 Å². The molecule has 2 aromatic rings. The van der Waals surface area contributed by atoms with Gasteiger partial charge in [-0.1, -0.05) is 46.4 Å². The quantitative estimate of drug-likeness (QED) is 0.537. The largest absolute Gasteiger partial charge is 0.433 e. The molecule has 0 aliphatic rings. The molecule has 0 N–H and O–H groups in total. The van der Waals surface area contributed by atoms with Gasteiger partial charge in [0.05, 0.1) is 25.8 Å². The smallest absolute Gasteiger partial charge is 0.242 e. The fourth-order valence-electron chi connectivity index (χ4n) is 1.50. The Bertz CT molecular complexity index is 670. The Balaban J connectivity index is 2.67. The fourth-order valence-corrected chi connectivity index (χ4v) is 2.33. The molecular formula is C12H4Cl4F3N. The van der Waals surface area contributed by atoms with Gasteiger partial charge in [-0.15, -0.1) is 0 Å². The monoisotopic (exact) mass is 359 g/mol. The Labute approximate surface area is 132 Å². The molecule has 0 bridgehead atoms. The molecule has 20 heavy (non-hydrogen) atoms. The zero-order chi connectivity index (χ0) is 15.1. The Hall–Kier alpha value is -0.680. The molecule has 0 spiro atoms. The van der Waals surface area contributed by atoms with Crippen molar-refractivity contribution in [3.8, 4) is 11.3 Å². The number of nitrogens with zero attached hydrogens (tertiary/aromatic N) is 1. The predicted octanol–water partition coefficient (Wildman–Crippen LogP) is 6.38. The van der Waals surface area contributed by atoms with E-state index in [9.17, 15) is 13.2 Å². The summed E-state index contributed by atoms with van der Waals surface area (Å²) in [6.45, 7) is 0. The van der Waals surface area contributed by atoms with Gasteiger partial charge in [-0.2, -0.15) is 13.2 Å². The van der Waals surface area contributed by atoms with E-state index in [-0.39, 0.29) is 31.3 Å². The van der Waals surface area contributed by atoms with Crippen LogP contribution in [-0.4, -0.2) is 4.98 Å². The molecule has 0 aliphatic heterocycles. The third-order valence-electron chi connectivity index (χ3n) is 2.43. The third kappa shape index (κ3) is 2.98. The average Bonchev–Trinajstić information content (AvgIpc) is 2.36. The molecule has 2 rings (SSSR count). The third-order valence-corrected chi connectivity index (χ3v) is 4.03. The van der Waals surface area contributed by atoms with E-state index in [2.05, 4.69) is 4.98 Å². The SMILES string of the molecule is FC(F)(F)c1ccc(Cl)c(-c2ccc(Cl)c(Cl)c2Cl)n1. The second-order valence-electron chi connectivity index (χ2n) is 3.75. The average molecular weight is 361 g/mol. The molecule has 1 aromatic carbocycles. The van der Waals surface area contributed by atoms with Gasteiger partial charge in [0.2, 0.25) is 0 Å². The first kappa shape index (κ1) is 15.7. The summed E-state index contributed by atoms with van der Waals surface area (Å²) in [7, 11) is 0. The van der Waals surface area contributed by atoms with Crippen LogP contribution in [-0.2, 0) is 6.18 Å². The Morgan fingerprint density at radius 1 is 0.800 bits per heavy atom. The Kier molecular flexibility index (Phi) is 4.40. The number of hydrogen-bond acceptors (Lipinski definition) is 1. The van der Waals surface area contributed by atoms with E-state index < -0.39 is 11.9 Å². The number of rotatable bonds is 1. The number of aromatic nitrogens is 1. The van der Waals surface area contributed by atoms with E-state index >= 15 is 0 Å². The zero-order valence-electron chi connectivity index (χ0n) is 9.40. The van der Waals surface area contributed by atoms with Crippen LogP contribution < -0.4 is 0 Å². The first-order chi connectivity index (χ1) is 9.21. The minimum absolute atomic E-state index is 0.00658. The van der Waals surface area contributed by atoms with Crippen molar-refractivity contribution in [1.82, 2.24) is 4.98 Å². The van der Waals surface area contributed by atoms with E-state index in [1.165, 1.54) is 12.1 Å². The second kappa shape index (κ2) is 5.60. The van der Waals surface area contributed by atoms with Crippen molar-refractivity contribution in [1.29, 1.82) is 0 Å². The van der Waals surface area contributed by atoms with Gasteiger partial charge >= 0.3 is 6.18 Å². The lowest BCUT2D eigenvalue weighted by Crippen LogP contribution is -2.08. The molecule has 0 amide bonds. The van der Waals surface area contributed by atoms with Gasteiger partial charge in [-0.3, -0.25) is 0 Å². The van der Waals surface area contributed by atoms with Gasteiger partial charge < -0.3 is 0 Å². The summed E-state index contributed by atoms with van der Waals surface area (Å²) in [5.74, 6) is 0. The number of alkyl halides is 3. The summed E-state index contributed by atoms with van der Waals surface area (Å²) in [6.07, 6.45) is -4.58. The van der Waals surface area contributed by atoms with E-state index in [1.807, 2.05) is 0 Å². The molecule has 0 saturated heterocycles. The number of pyridine rings is 1. The van der Waals surface area contributed by atoms with E-state index in [0.29, 0.717) is 0 Å². The maximum Gasteiger partial charge on any atom is 0.433 e. The lowest BCUT2D eigenvalue weighted by molar-refractivity contribution is -0.141. The maximum absolute atomic E-state index is 12.7. The van der Waals surface area contributed by atoms with Crippen LogP contribution in [0, 0.1) is 0 Å². The molecule has 0 aliphatic carbocycles. The summed E-state index contributed by atoms with van der Waals surface area (Å²) >= 11 is 23.5. The van der Waals surface area contributed by atoms with Crippen LogP contribution in [0.4, 0.5) is 13.2 Å². The maximum atomic E-state index is 12.7.